The van der Waals surface area contributed by atoms with E-state index in [2.05, 4.69) is 48.7 Å². The van der Waals surface area contributed by atoms with E-state index < -0.39 is 0 Å². The SMILES string of the molecule is CCc1cccc(NC(=S)NCCC[NH+]2CCC(C)CC2)c1. The van der Waals surface area contributed by atoms with Crippen molar-refractivity contribution in [3.63, 3.8) is 0 Å². The van der Waals surface area contributed by atoms with Crippen LogP contribution in [0.4, 0.5) is 5.69 Å². The van der Waals surface area contributed by atoms with Gasteiger partial charge >= 0.3 is 0 Å². The summed E-state index contributed by atoms with van der Waals surface area (Å²) in [5, 5.41) is 7.33. The summed E-state index contributed by atoms with van der Waals surface area (Å²) in [7, 11) is 0. The molecule has 1 aliphatic rings. The van der Waals surface area contributed by atoms with Crippen LogP contribution in [0.3, 0.4) is 0 Å². The standard InChI is InChI=1S/C18H29N3S/c1-3-16-6-4-7-17(14-16)20-18(22)19-10-5-11-21-12-8-15(2)9-13-21/h4,6-7,14-15H,3,5,8-13H2,1-2H3,(H2,19,20,22)/p+1. The van der Waals surface area contributed by atoms with Gasteiger partial charge in [-0.25, -0.2) is 0 Å². The summed E-state index contributed by atoms with van der Waals surface area (Å²) in [6, 6.07) is 8.44. The average Bonchev–Trinajstić information content (AvgIpc) is 2.53. The normalized spacial score (nSPS) is 21.4. The fourth-order valence-corrected chi connectivity index (χ4v) is 3.22. The van der Waals surface area contributed by atoms with Crippen molar-refractivity contribution in [2.24, 2.45) is 5.92 Å². The summed E-state index contributed by atoms with van der Waals surface area (Å²) in [5.74, 6) is 0.928. The molecule has 1 aromatic rings. The maximum atomic E-state index is 5.37. The molecular formula is C18H30N3S+. The van der Waals surface area contributed by atoms with E-state index in [4.69, 9.17) is 12.2 Å². The molecule has 22 heavy (non-hydrogen) atoms. The Hall–Kier alpha value is -1.13. The molecule has 3 N–H and O–H groups in total. The van der Waals surface area contributed by atoms with Crippen LogP contribution in [-0.4, -0.2) is 31.3 Å². The zero-order chi connectivity index (χ0) is 15.8. The lowest BCUT2D eigenvalue weighted by atomic mass is 9.99. The zero-order valence-corrected chi connectivity index (χ0v) is 14.8. The Bertz CT molecular complexity index is 467. The van der Waals surface area contributed by atoms with E-state index >= 15 is 0 Å². The van der Waals surface area contributed by atoms with Crippen LogP contribution in [0.1, 0.15) is 38.7 Å². The molecule has 0 saturated carbocycles. The van der Waals surface area contributed by atoms with Crippen molar-refractivity contribution < 1.29 is 4.90 Å². The topological polar surface area (TPSA) is 28.5 Å². The number of quaternary nitrogens is 1. The van der Waals surface area contributed by atoms with Crippen molar-refractivity contribution in [3.8, 4) is 0 Å². The summed E-state index contributed by atoms with van der Waals surface area (Å²) in [6.45, 7) is 9.43. The molecule has 0 aliphatic carbocycles. The quantitative estimate of drug-likeness (QED) is 0.554. The van der Waals surface area contributed by atoms with Gasteiger partial charge < -0.3 is 15.5 Å². The molecule has 1 saturated heterocycles. The summed E-state index contributed by atoms with van der Waals surface area (Å²) in [6.07, 6.45) is 5.00. The van der Waals surface area contributed by atoms with Crippen molar-refractivity contribution >= 4 is 23.0 Å². The van der Waals surface area contributed by atoms with Crippen molar-refractivity contribution in [1.82, 2.24) is 5.32 Å². The molecule has 0 amide bonds. The predicted octanol–water partition coefficient (Wildman–Crippen LogP) is 2.24. The van der Waals surface area contributed by atoms with Crippen molar-refractivity contribution in [3.05, 3.63) is 29.8 Å². The van der Waals surface area contributed by atoms with Crippen LogP contribution in [0.2, 0.25) is 0 Å². The second-order valence-electron chi connectivity index (χ2n) is 6.47. The highest BCUT2D eigenvalue weighted by Crippen LogP contribution is 2.10. The third kappa shape index (κ3) is 5.93. The molecule has 0 atom stereocenters. The van der Waals surface area contributed by atoms with Crippen LogP contribution in [-0.2, 0) is 6.42 Å². The number of likely N-dealkylation sites (tertiary alicyclic amines) is 1. The molecule has 4 heteroatoms. The molecule has 1 aliphatic heterocycles. The van der Waals surface area contributed by atoms with E-state index in [0.717, 1.165) is 29.7 Å². The molecule has 122 valence electrons. The van der Waals surface area contributed by atoms with E-state index in [-0.39, 0.29) is 0 Å². The lowest BCUT2D eigenvalue weighted by molar-refractivity contribution is -0.906. The zero-order valence-electron chi connectivity index (χ0n) is 14.0. The van der Waals surface area contributed by atoms with E-state index in [9.17, 15) is 0 Å². The first-order chi connectivity index (χ1) is 10.7. The highest BCUT2D eigenvalue weighted by molar-refractivity contribution is 7.80. The molecule has 0 aromatic heterocycles. The first-order valence-corrected chi connectivity index (χ1v) is 9.05. The van der Waals surface area contributed by atoms with Gasteiger partial charge in [0.05, 0.1) is 19.6 Å². The Morgan fingerprint density at radius 3 is 2.82 bits per heavy atom. The number of benzene rings is 1. The fourth-order valence-electron chi connectivity index (χ4n) is 3.00. The van der Waals surface area contributed by atoms with Crippen molar-refractivity contribution in [2.45, 2.75) is 39.5 Å². The summed E-state index contributed by atoms with van der Waals surface area (Å²) in [5.41, 5.74) is 2.41. The minimum absolute atomic E-state index is 0.732. The third-order valence-electron chi connectivity index (χ3n) is 4.57. The van der Waals surface area contributed by atoms with Crippen LogP contribution < -0.4 is 15.5 Å². The summed E-state index contributed by atoms with van der Waals surface area (Å²) < 4.78 is 0. The van der Waals surface area contributed by atoms with Crippen LogP contribution >= 0.6 is 12.2 Å². The number of rotatable bonds is 6. The molecule has 1 heterocycles. The van der Waals surface area contributed by atoms with Gasteiger partial charge in [0.15, 0.2) is 5.11 Å². The Morgan fingerprint density at radius 1 is 1.32 bits per heavy atom. The van der Waals surface area contributed by atoms with E-state index in [0.29, 0.717) is 0 Å². The molecule has 1 aromatic carbocycles. The third-order valence-corrected chi connectivity index (χ3v) is 4.81. The monoisotopic (exact) mass is 320 g/mol. The van der Waals surface area contributed by atoms with Gasteiger partial charge in [-0.15, -0.1) is 0 Å². The van der Waals surface area contributed by atoms with Crippen molar-refractivity contribution in [2.75, 3.05) is 31.5 Å². The molecule has 0 unspecified atom stereocenters. The second kappa shape index (κ2) is 9.11. The van der Waals surface area contributed by atoms with Crippen LogP contribution in [0, 0.1) is 5.92 Å². The smallest absolute Gasteiger partial charge is 0.170 e. The molecule has 3 nitrogen and oxygen atoms in total. The largest absolute Gasteiger partial charge is 0.362 e. The number of hydrogen-bond donors (Lipinski definition) is 3. The Morgan fingerprint density at radius 2 is 2.09 bits per heavy atom. The molecular weight excluding hydrogens is 290 g/mol. The fraction of sp³-hybridized carbons (Fsp3) is 0.611. The van der Waals surface area contributed by atoms with E-state index in [1.165, 1.54) is 44.5 Å². The molecule has 2 rings (SSSR count). The molecule has 0 bridgehead atoms. The van der Waals surface area contributed by atoms with Gasteiger partial charge in [-0.05, 0) is 55.1 Å². The predicted molar refractivity (Wildman–Crippen MR) is 98.6 cm³/mol. The number of hydrogen-bond acceptors (Lipinski definition) is 1. The minimum Gasteiger partial charge on any atom is -0.362 e. The lowest BCUT2D eigenvalue weighted by Gasteiger charge is -2.27. The lowest BCUT2D eigenvalue weighted by Crippen LogP contribution is -3.13. The van der Waals surface area contributed by atoms with Gasteiger partial charge in [-0.2, -0.15) is 0 Å². The highest BCUT2D eigenvalue weighted by atomic mass is 32.1. The van der Waals surface area contributed by atoms with Crippen LogP contribution in [0.15, 0.2) is 24.3 Å². The van der Waals surface area contributed by atoms with E-state index in [1.54, 1.807) is 4.90 Å². The number of thiocarbonyl (C=S) groups is 1. The van der Waals surface area contributed by atoms with Gasteiger partial charge in [0.25, 0.3) is 0 Å². The first kappa shape index (κ1) is 17.2. The number of nitrogens with one attached hydrogen (secondary N) is 3. The Labute approximate surface area is 140 Å². The second-order valence-corrected chi connectivity index (χ2v) is 6.88. The van der Waals surface area contributed by atoms with Crippen LogP contribution in [0.5, 0.6) is 0 Å². The molecule has 0 spiro atoms. The van der Waals surface area contributed by atoms with Crippen LogP contribution in [0.25, 0.3) is 0 Å². The molecule has 1 fully saturated rings. The number of piperidine rings is 1. The van der Waals surface area contributed by atoms with Gasteiger partial charge in [-0.1, -0.05) is 26.0 Å². The summed E-state index contributed by atoms with van der Waals surface area (Å²) >= 11 is 5.37. The number of anilines is 1. The first-order valence-electron chi connectivity index (χ1n) is 8.64. The van der Waals surface area contributed by atoms with E-state index in [1.807, 2.05) is 0 Å². The molecule has 0 radical (unpaired) electrons. The number of aryl methyl sites for hydroxylation is 1. The van der Waals surface area contributed by atoms with Gasteiger partial charge in [0.2, 0.25) is 0 Å². The maximum absolute atomic E-state index is 5.37. The van der Waals surface area contributed by atoms with Crippen molar-refractivity contribution in [1.29, 1.82) is 0 Å². The van der Waals surface area contributed by atoms with Gasteiger partial charge in [-0.3, -0.25) is 0 Å². The van der Waals surface area contributed by atoms with Gasteiger partial charge in [0.1, 0.15) is 0 Å². The highest BCUT2D eigenvalue weighted by Gasteiger charge is 2.17. The van der Waals surface area contributed by atoms with Gasteiger partial charge in [0, 0.05) is 18.7 Å². The Balaban J connectivity index is 1.61. The minimum atomic E-state index is 0.732. The summed E-state index contributed by atoms with van der Waals surface area (Å²) in [4.78, 5) is 1.76. The maximum Gasteiger partial charge on any atom is 0.170 e. The Kier molecular flexibility index (Phi) is 7.13. The average molecular weight is 321 g/mol.